The van der Waals surface area contributed by atoms with Crippen molar-refractivity contribution in [2.24, 2.45) is 0 Å². The number of hydrogen-bond acceptors (Lipinski definition) is 5. The minimum absolute atomic E-state index is 0.353. The first-order valence-corrected chi connectivity index (χ1v) is 4.92. The molecule has 1 aromatic heterocycles. The number of tetrazole rings is 1. The van der Waals surface area contributed by atoms with Gasteiger partial charge in [0.2, 0.25) is 0 Å². The van der Waals surface area contributed by atoms with E-state index in [0.29, 0.717) is 24.5 Å². The Bertz CT molecular complexity index is 263. The van der Waals surface area contributed by atoms with Crippen LogP contribution < -0.4 is 5.32 Å². The summed E-state index contributed by atoms with van der Waals surface area (Å²) in [5, 5.41) is 17.1. The van der Waals surface area contributed by atoms with Crippen LogP contribution in [0.5, 0.6) is 0 Å². The van der Waals surface area contributed by atoms with Crippen molar-refractivity contribution in [3.8, 4) is 0 Å². The van der Waals surface area contributed by atoms with Gasteiger partial charge in [0.05, 0.1) is 12.6 Å². The van der Waals surface area contributed by atoms with E-state index in [4.69, 9.17) is 4.74 Å². The highest BCUT2D eigenvalue weighted by Crippen LogP contribution is 2.13. The number of aromatic nitrogens is 4. The van der Waals surface area contributed by atoms with Crippen molar-refractivity contribution in [1.82, 2.24) is 25.9 Å². The summed E-state index contributed by atoms with van der Waals surface area (Å²) in [6.07, 6.45) is 2.46. The normalized spacial score (nSPS) is 27.8. The fraction of sp³-hybridized carbons (Fsp3) is 0.875. The van der Waals surface area contributed by atoms with Crippen molar-refractivity contribution in [2.75, 3.05) is 6.61 Å². The van der Waals surface area contributed by atoms with Gasteiger partial charge >= 0.3 is 0 Å². The average molecular weight is 197 g/mol. The lowest BCUT2D eigenvalue weighted by Crippen LogP contribution is -2.37. The molecule has 0 spiro atoms. The number of ether oxygens (including phenoxy) is 1. The Morgan fingerprint density at radius 2 is 2.57 bits per heavy atom. The second kappa shape index (κ2) is 4.47. The van der Waals surface area contributed by atoms with Crippen LogP contribution in [-0.2, 0) is 11.3 Å². The number of hydrogen-bond donors (Lipinski definition) is 2. The molecule has 14 heavy (non-hydrogen) atoms. The third-order valence-electron chi connectivity index (χ3n) is 2.42. The molecule has 1 fully saturated rings. The van der Waals surface area contributed by atoms with E-state index in [1.165, 1.54) is 0 Å². The number of aromatic amines is 1. The van der Waals surface area contributed by atoms with Gasteiger partial charge in [0.25, 0.3) is 0 Å². The topological polar surface area (TPSA) is 75.7 Å². The Morgan fingerprint density at radius 1 is 1.64 bits per heavy atom. The molecule has 0 bridgehead atoms. The van der Waals surface area contributed by atoms with Crippen LogP contribution in [0.2, 0.25) is 0 Å². The highest BCUT2D eigenvalue weighted by atomic mass is 16.5. The quantitative estimate of drug-likeness (QED) is 0.705. The van der Waals surface area contributed by atoms with Gasteiger partial charge in [0.1, 0.15) is 0 Å². The molecule has 0 radical (unpaired) electrons. The first-order chi connectivity index (χ1) is 6.84. The highest BCUT2D eigenvalue weighted by Gasteiger charge is 2.18. The van der Waals surface area contributed by atoms with E-state index in [9.17, 15) is 0 Å². The number of rotatable bonds is 3. The highest BCUT2D eigenvalue weighted by molar-refractivity contribution is 4.80. The van der Waals surface area contributed by atoms with Gasteiger partial charge in [0, 0.05) is 12.6 Å². The zero-order valence-corrected chi connectivity index (χ0v) is 8.23. The lowest BCUT2D eigenvalue weighted by molar-refractivity contribution is 0.0129. The van der Waals surface area contributed by atoms with Crippen LogP contribution in [0.3, 0.4) is 0 Å². The molecule has 0 aliphatic carbocycles. The summed E-state index contributed by atoms with van der Waals surface area (Å²) in [6.45, 7) is 3.61. The molecule has 78 valence electrons. The van der Waals surface area contributed by atoms with Crippen molar-refractivity contribution >= 4 is 0 Å². The van der Waals surface area contributed by atoms with Gasteiger partial charge < -0.3 is 10.1 Å². The summed E-state index contributed by atoms with van der Waals surface area (Å²) in [7, 11) is 0. The van der Waals surface area contributed by atoms with E-state index < -0.39 is 0 Å². The molecule has 0 saturated carbocycles. The van der Waals surface area contributed by atoms with Gasteiger partial charge in [-0.05, 0) is 19.8 Å². The summed E-state index contributed by atoms with van der Waals surface area (Å²) >= 11 is 0. The smallest absolute Gasteiger partial charge is 0.188 e. The van der Waals surface area contributed by atoms with Crippen molar-refractivity contribution in [2.45, 2.75) is 38.5 Å². The minimum Gasteiger partial charge on any atom is -0.378 e. The molecule has 0 aromatic carbocycles. The summed E-state index contributed by atoms with van der Waals surface area (Å²) in [4.78, 5) is 0. The molecule has 6 nitrogen and oxygen atoms in total. The molecule has 1 aromatic rings. The predicted octanol–water partition coefficient (Wildman–Crippen LogP) is -0.143. The zero-order chi connectivity index (χ0) is 9.80. The van der Waals surface area contributed by atoms with Crippen LogP contribution in [0.4, 0.5) is 0 Å². The molecule has 6 heteroatoms. The van der Waals surface area contributed by atoms with Crippen molar-refractivity contribution < 1.29 is 4.74 Å². The number of nitrogens with one attached hydrogen (secondary N) is 2. The Balaban J connectivity index is 1.75. The largest absolute Gasteiger partial charge is 0.378 e. The molecule has 1 aliphatic heterocycles. The van der Waals surface area contributed by atoms with Crippen molar-refractivity contribution in [3.05, 3.63) is 5.82 Å². The first kappa shape index (κ1) is 9.54. The van der Waals surface area contributed by atoms with E-state index in [2.05, 4.69) is 32.9 Å². The molecule has 1 saturated heterocycles. The van der Waals surface area contributed by atoms with E-state index in [0.717, 1.165) is 19.4 Å². The summed E-state index contributed by atoms with van der Waals surface area (Å²) in [5.74, 6) is 0.712. The van der Waals surface area contributed by atoms with E-state index >= 15 is 0 Å². The molecule has 1 aliphatic rings. The number of H-pyrrole nitrogens is 1. The van der Waals surface area contributed by atoms with Crippen LogP contribution in [0.15, 0.2) is 0 Å². The maximum atomic E-state index is 5.46. The van der Waals surface area contributed by atoms with Crippen molar-refractivity contribution in [1.29, 1.82) is 0 Å². The predicted molar refractivity (Wildman–Crippen MR) is 49.5 cm³/mol. The van der Waals surface area contributed by atoms with Crippen LogP contribution in [0, 0.1) is 0 Å². The standard InChI is InChI=1S/C8H15N5O/c1-6-4-7(2-3-14-6)9-5-8-10-12-13-11-8/h6-7,9H,2-5H2,1H3,(H,10,11,12,13). The molecule has 2 N–H and O–H groups in total. The molecule has 2 unspecified atom stereocenters. The zero-order valence-electron chi connectivity index (χ0n) is 8.23. The fourth-order valence-electron chi connectivity index (χ4n) is 1.68. The van der Waals surface area contributed by atoms with Gasteiger partial charge in [-0.1, -0.05) is 5.21 Å². The summed E-state index contributed by atoms with van der Waals surface area (Å²) in [5.41, 5.74) is 0. The third kappa shape index (κ3) is 2.49. The average Bonchev–Trinajstić information content (AvgIpc) is 2.67. The Kier molecular flexibility index (Phi) is 3.05. The molecular weight excluding hydrogens is 182 g/mol. The second-order valence-corrected chi connectivity index (χ2v) is 3.61. The molecule has 2 atom stereocenters. The molecule has 2 rings (SSSR count). The van der Waals surface area contributed by atoms with E-state index in [1.54, 1.807) is 0 Å². The molecule has 0 amide bonds. The van der Waals surface area contributed by atoms with E-state index in [1.807, 2.05) is 0 Å². The first-order valence-electron chi connectivity index (χ1n) is 4.92. The monoisotopic (exact) mass is 197 g/mol. The maximum Gasteiger partial charge on any atom is 0.188 e. The van der Waals surface area contributed by atoms with Gasteiger partial charge in [-0.15, -0.1) is 10.2 Å². The fourth-order valence-corrected chi connectivity index (χ4v) is 1.68. The lowest BCUT2D eigenvalue weighted by Gasteiger charge is -2.27. The van der Waals surface area contributed by atoms with Gasteiger partial charge in [0.15, 0.2) is 5.82 Å². The van der Waals surface area contributed by atoms with Crippen LogP contribution >= 0.6 is 0 Å². The molecule has 2 heterocycles. The van der Waals surface area contributed by atoms with Crippen LogP contribution in [0.25, 0.3) is 0 Å². The number of nitrogens with zero attached hydrogens (tertiary/aromatic N) is 3. The third-order valence-corrected chi connectivity index (χ3v) is 2.42. The van der Waals surface area contributed by atoms with Gasteiger partial charge in [-0.2, -0.15) is 5.21 Å². The van der Waals surface area contributed by atoms with Crippen LogP contribution in [-0.4, -0.2) is 39.4 Å². The second-order valence-electron chi connectivity index (χ2n) is 3.61. The van der Waals surface area contributed by atoms with Crippen molar-refractivity contribution in [3.63, 3.8) is 0 Å². The summed E-state index contributed by atoms with van der Waals surface area (Å²) in [6, 6.07) is 0.511. The van der Waals surface area contributed by atoms with Gasteiger partial charge in [-0.25, -0.2) is 0 Å². The Morgan fingerprint density at radius 3 is 3.29 bits per heavy atom. The van der Waals surface area contributed by atoms with Gasteiger partial charge in [-0.3, -0.25) is 0 Å². The Hall–Kier alpha value is -1.01. The maximum absolute atomic E-state index is 5.46. The summed E-state index contributed by atoms with van der Waals surface area (Å²) < 4.78 is 5.46. The SMILES string of the molecule is CC1CC(NCc2nn[nH]n2)CCO1. The lowest BCUT2D eigenvalue weighted by atomic mass is 10.0. The van der Waals surface area contributed by atoms with E-state index in [-0.39, 0.29) is 0 Å². The minimum atomic E-state index is 0.353. The molecular formula is C8H15N5O. The van der Waals surface area contributed by atoms with Crippen LogP contribution in [0.1, 0.15) is 25.6 Å². The Labute approximate surface area is 82.4 Å².